The SMILES string of the molecule is C=CC1CCN(C(=O)CSc2nc(C)cs2)C1. The largest absolute Gasteiger partial charge is 0.341 e. The molecule has 1 aliphatic heterocycles. The van der Waals surface area contributed by atoms with Crippen LogP contribution in [0.1, 0.15) is 12.1 Å². The van der Waals surface area contributed by atoms with Crippen molar-refractivity contribution in [2.24, 2.45) is 5.92 Å². The van der Waals surface area contributed by atoms with Crippen molar-refractivity contribution in [2.45, 2.75) is 17.7 Å². The summed E-state index contributed by atoms with van der Waals surface area (Å²) < 4.78 is 0.982. The fourth-order valence-electron chi connectivity index (χ4n) is 1.82. The molecule has 1 atom stereocenters. The Morgan fingerprint density at radius 3 is 3.24 bits per heavy atom. The number of thioether (sulfide) groups is 1. The molecule has 92 valence electrons. The van der Waals surface area contributed by atoms with Crippen LogP contribution in [0.2, 0.25) is 0 Å². The normalized spacial score (nSPS) is 19.6. The molecule has 0 radical (unpaired) electrons. The van der Waals surface area contributed by atoms with Gasteiger partial charge in [-0.05, 0) is 19.3 Å². The molecule has 0 saturated carbocycles. The number of rotatable bonds is 4. The van der Waals surface area contributed by atoms with Crippen LogP contribution in [0.15, 0.2) is 22.4 Å². The molecule has 1 saturated heterocycles. The van der Waals surface area contributed by atoms with Crippen molar-refractivity contribution in [3.8, 4) is 0 Å². The maximum absolute atomic E-state index is 11.9. The van der Waals surface area contributed by atoms with Gasteiger partial charge in [0.25, 0.3) is 0 Å². The highest BCUT2D eigenvalue weighted by molar-refractivity contribution is 8.01. The van der Waals surface area contributed by atoms with Crippen molar-refractivity contribution in [3.63, 3.8) is 0 Å². The topological polar surface area (TPSA) is 33.2 Å². The first-order valence-electron chi connectivity index (χ1n) is 5.64. The lowest BCUT2D eigenvalue weighted by atomic mass is 10.1. The van der Waals surface area contributed by atoms with Crippen LogP contribution in [0.4, 0.5) is 0 Å². The Morgan fingerprint density at radius 2 is 2.65 bits per heavy atom. The molecule has 0 N–H and O–H groups in total. The van der Waals surface area contributed by atoms with Crippen LogP contribution < -0.4 is 0 Å². The molecule has 0 aliphatic carbocycles. The van der Waals surface area contributed by atoms with E-state index in [0.717, 1.165) is 29.5 Å². The van der Waals surface area contributed by atoms with Gasteiger partial charge in [0, 0.05) is 24.2 Å². The molecule has 0 bridgehead atoms. The summed E-state index contributed by atoms with van der Waals surface area (Å²) in [6.45, 7) is 7.45. The number of carbonyl (C=O) groups excluding carboxylic acids is 1. The Hall–Kier alpha value is -0.810. The standard InChI is InChI=1S/C12H16N2OS2/c1-3-10-4-5-14(6-10)11(15)8-17-12-13-9(2)7-16-12/h3,7,10H,1,4-6,8H2,2H3. The molecule has 1 aromatic rings. The van der Waals surface area contributed by atoms with Gasteiger partial charge in [0.1, 0.15) is 0 Å². The number of thiazole rings is 1. The molecule has 17 heavy (non-hydrogen) atoms. The van der Waals surface area contributed by atoms with Crippen LogP contribution in [0.3, 0.4) is 0 Å². The minimum Gasteiger partial charge on any atom is -0.341 e. The highest BCUT2D eigenvalue weighted by atomic mass is 32.2. The van der Waals surface area contributed by atoms with Crippen molar-refractivity contribution in [1.82, 2.24) is 9.88 Å². The number of hydrogen-bond acceptors (Lipinski definition) is 4. The van der Waals surface area contributed by atoms with Gasteiger partial charge in [-0.2, -0.15) is 0 Å². The molecule has 3 nitrogen and oxygen atoms in total. The summed E-state index contributed by atoms with van der Waals surface area (Å²) in [5.74, 6) is 1.19. The maximum atomic E-state index is 11.9. The van der Waals surface area contributed by atoms with Crippen molar-refractivity contribution < 1.29 is 4.79 Å². The molecule has 1 amide bonds. The molecule has 2 rings (SSSR count). The average Bonchev–Trinajstić information content (AvgIpc) is 2.94. The minimum atomic E-state index is 0.215. The van der Waals surface area contributed by atoms with E-state index >= 15 is 0 Å². The second-order valence-corrected chi connectivity index (χ2v) is 6.25. The fraction of sp³-hybridized carbons (Fsp3) is 0.500. The van der Waals surface area contributed by atoms with E-state index in [1.807, 2.05) is 23.3 Å². The van der Waals surface area contributed by atoms with E-state index < -0.39 is 0 Å². The summed E-state index contributed by atoms with van der Waals surface area (Å²) in [5, 5.41) is 2.01. The molecule has 1 unspecified atom stereocenters. The number of aromatic nitrogens is 1. The van der Waals surface area contributed by atoms with Crippen LogP contribution in [-0.2, 0) is 4.79 Å². The van der Waals surface area contributed by atoms with Gasteiger partial charge in [-0.3, -0.25) is 4.79 Å². The summed E-state index contributed by atoms with van der Waals surface area (Å²) in [7, 11) is 0. The van der Waals surface area contributed by atoms with E-state index in [2.05, 4.69) is 11.6 Å². The Bertz CT molecular complexity index is 416. The molecular weight excluding hydrogens is 252 g/mol. The first-order valence-corrected chi connectivity index (χ1v) is 7.51. The molecular formula is C12H16N2OS2. The van der Waals surface area contributed by atoms with Crippen molar-refractivity contribution >= 4 is 29.0 Å². The third-order valence-electron chi connectivity index (χ3n) is 2.83. The Labute approximate surface area is 110 Å². The van der Waals surface area contributed by atoms with E-state index in [0.29, 0.717) is 11.7 Å². The van der Waals surface area contributed by atoms with Crippen LogP contribution in [0.25, 0.3) is 0 Å². The molecule has 0 aromatic carbocycles. The van der Waals surface area contributed by atoms with Crippen molar-refractivity contribution in [2.75, 3.05) is 18.8 Å². The van der Waals surface area contributed by atoms with E-state index in [9.17, 15) is 4.79 Å². The van der Waals surface area contributed by atoms with Gasteiger partial charge in [0.2, 0.25) is 5.91 Å². The molecule has 2 heterocycles. The lowest BCUT2D eigenvalue weighted by Gasteiger charge is -2.14. The Balaban J connectivity index is 1.80. The highest BCUT2D eigenvalue weighted by Crippen LogP contribution is 2.24. The smallest absolute Gasteiger partial charge is 0.233 e. The second kappa shape index (κ2) is 5.69. The van der Waals surface area contributed by atoms with Crippen LogP contribution in [0, 0.1) is 12.8 Å². The first kappa shape index (κ1) is 12.6. The molecule has 1 aliphatic rings. The van der Waals surface area contributed by atoms with Crippen molar-refractivity contribution in [3.05, 3.63) is 23.7 Å². The first-order chi connectivity index (χ1) is 8.19. The lowest BCUT2D eigenvalue weighted by Crippen LogP contribution is -2.29. The molecule has 1 fully saturated rings. The number of aryl methyl sites for hydroxylation is 1. The van der Waals surface area contributed by atoms with Crippen LogP contribution in [0.5, 0.6) is 0 Å². The van der Waals surface area contributed by atoms with Crippen molar-refractivity contribution in [1.29, 1.82) is 0 Å². The molecule has 1 aromatic heterocycles. The molecule has 5 heteroatoms. The van der Waals surface area contributed by atoms with E-state index in [4.69, 9.17) is 0 Å². The summed E-state index contributed by atoms with van der Waals surface area (Å²) in [6.07, 6.45) is 3.00. The van der Waals surface area contributed by atoms with Gasteiger partial charge in [-0.15, -0.1) is 17.9 Å². The van der Waals surface area contributed by atoms with Gasteiger partial charge in [0.05, 0.1) is 5.75 Å². The summed E-state index contributed by atoms with van der Waals surface area (Å²) in [4.78, 5) is 18.2. The van der Waals surface area contributed by atoms with Gasteiger partial charge >= 0.3 is 0 Å². The predicted molar refractivity (Wildman–Crippen MR) is 72.5 cm³/mol. The number of amides is 1. The Kier molecular flexibility index (Phi) is 4.23. The number of carbonyl (C=O) groups is 1. The number of nitrogens with zero attached hydrogens (tertiary/aromatic N) is 2. The second-order valence-electron chi connectivity index (χ2n) is 4.17. The van der Waals surface area contributed by atoms with Gasteiger partial charge in [-0.1, -0.05) is 17.8 Å². The van der Waals surface area contributed by atoms with E-state index in [1.54, 1.807) is 11.3 Å². The molecule has 0 spiro atoms. The van der Waals surface area contributed by atoms with Crippen LogP contribution in [-0.4, -0.2) is 34.6 Å². The zero-order chi connectivity index (χ0) is 12.3. The minimum absolute atomic E-state index is 0.215. The van der Waals surface area contributed by atoms with Gasteiger partial charge in [-0.25, -0.2) is 4.98 Å². The summed E-state index contributed by atoms with van der Waals surface area (Å²) in [6, 6.07) is 0. The Morgan fingerprint density at radius 1 is 1.82 bits per heavy atom. The summed E-state index contributed by atoms with van der Waals surface area (Å²) >= 11 is 3.14. The van der Waals surface area contributed by atoms with E-state index in [1.165, 1.54) is 11.8 Å². The number of likely N-dealkylation sites (tertiary alicyclic amines) is 1. The lowest BCUT2D eigenvalue weighted by molar-refractivity contribution is -0.127. The third-order valence-corrected chi connectivity index (χ3v) is 4.95. The summed E-state index contributed by atoms with van der Waals surface area (Å²) in [5.41, 5.74) is 1.03. The monoisotopic (exact) mass is 268 g/mol. The van der Waals surface area contributed by atoms with Gasteiger partial charge in [0.15, 0.2) is 4.34 Å². The zero-order valence-corrected chi connectivity index (χ0v) is 11.5. The quantitative estimate of drug-likeness (QED) is 0.621. The average molecular weight is 268 g/mol. The fourth-order valence-corrected chi connectivity index (χ4v) is 3.57. The van der Waals surface area contributed by atoms with E-state index in [-0.39, 0.29) is 5.91 Å². The van der Waals surface area contributed by atoms with Gasteiger partial charge < -0.3 is 4.90 Å². The predicted octanol–water partition coefficient (Wildman–Crippen LogP) is 2.58. The highest BCUT2D eigenvalue weighted by Gasteiger charge is 2.24. The zero-order valence-electron chi connectivity index (χ0n) is 9.89. The third kappa shape index (κ3) is 3.33. The van der Waals surface area contributed by atoms with Crippen LogP contribution >= 0.6 is 23.1 Å². The number of hydrogen-bond donors (Lipinski definition) is 0. The maximum Gasteiger partial charge on any atom is 0.233 e.